The zero-order chi connectivity index (χ0) is 14.8. The number of halogens is 1. The topological polar surface area (TPSA) is 83.5 Å². The largest absolute Gasteiger partial charge is 0.478 e. The first kappa shape index (κ1) is 14.0. The third-order valence-electron chi connectivity index (χ3n) is 2.49. The average Bonchev–Trinajstić information content (AvgIpc) is 2.38. The Labute approximate surface area is 114 Å². The average molecular weight is 295 g/mol. The van der Waals surface area contributed by atoms with E-state index in [1.807, 2.05) is 0 Å². The first-order valence-corrected chi connectivity index (χ1v) is 6.99. The summed E-state index contributed by atoms with van der Waals surface area (Å²) >= 11 is 0. The van der Waals surface area contributed by atoms with E-state index in [2.05, 4.69) is 4.72 Å². The molecule has 0 aliphatic heterocycles. The lowest BCUT2D eigenvalue weighted by molar-refractivity contribution is 0.0696. The molecule has 0 aliphatic rings. The Morgan fingerprint density at radius 2 is 1.75 bits per heavy atom. The van der Waals surface area contributed by atoms with Crippen molar-refractivity contribution in [2.75, 3.05) is 4.72 Å². The van der Waals surface area contributed by atoms with Crippen molar-refractivity contribution in [2.45, 2.75) is 4.90 Å². The molecule has 0 amide bonds. The molecule has 7 heteroatoms. The zero-order valence-electron chi connectivity index (χ0n) is 10.1. The maximum Gasteiger partial charge on any atom is 0.335 e. The van der Waals surface area contributed by atoms with Crippen molar-refractivity contribution in [3.63, 3.8) is 0 Å². The van der Waals surface area contributed by atoms with E-state index in [0.29, 0.717) is 6.07 Å². The van der Waals surface area contributed by atoms with Crippen molar-refractivity contribution in [1.82, 2.24) is 0 Å². The van der Waals surface area contributed by atoms with E-state index in [1.54, 1.807) is 18.2 Å². The minimum Gasteiger partial charge on any atom is -0.478 e. The summed E-state index contributed by atoms with van der Waals surface area (Å²) in [4.78, 5) is 10.1. The van der Waals surface area contributed by atoms with Gasteiger partial charge in [0.1, 0.15) is 10.7 Å². The SMILES string of the molecule is O=C(O)c1ccc(S(=O)(=O)Nc2ccccc2)c(F)c1. The Bertz CT molecular complexity index is 744. The minimum atomic E-state index is -4.10. The predicted molar refractivity (Wildman–Crippen MR) is 70.6 cm³/mol. The Morgan fingerprint density at radius 3 is 2.30 bits per heavy atom. The smallest absolute Gasteiger partial charge is 0.335 e. The molecule has 5 nitrogen and oxygen atoms in total. The van der Waals surface area contributed by atoms with Crippen LogP contribution in [-0.2, 0) is 10.0 Å². The van der Waals surface area contributed by atoms with Crippen molar-refractivity contribution in [1.29, 1.82) is 0 Å². The molecule has 2 aromatic carbocycles. The summed E-state index contributed by atoms with van der Waals surface area (Å²) in [5.41, 5.74) is -0.0321. The van der Waals surface area contributed by atoms with Gasteiger partial charge in [-0.2, -0.15) is 0 Å². The van der Waals surface area contributed by atoms with Gasteiger partial charge in [-0.25, -0.2) is 17.6 Å². The van der Waals surface area contributed by atoms with Crippen LogP contribution in [0.1, 0.15) is 10.4 Å². The van der Waals surface area contributed by atoms with Crippen molar-refractivity contribution in [3.05, 3.63) is 59.9 Å². The molecule has 0 radical (unpaired) electrons. The molecule has 0 heterocycles. The fraction of sp³-hybridized carbons (Fsp3) is 0. The number of hydrogen-bond donors (Lipinski definition) is 2. The number of sulfonamides is 1. The Hall–Kier alpha value is -2.41. The highest BCUT2D eigenvalue weighted by Gasteiger charge is 2.20. The van der Waals surface area contributed by atoms with E-state index in [4.69, 9.17) is 5.11 Å². The van der Waals surface area contributed by atoms with Crippen LogP contribution >= 0.6 is 0 Å². The van der Waals surface area contributed by atoms with E-state index in [1.165, 1.54) is 12.1 Å². The maximum absolute atomic E-state index is 13.7. The third kappa shape index (κ3) is 2.94. The van der Waals surface area contributed by atoms with E-state index < -0.39 is 26.7 Å². The molecule has 0 saturated heterocycles. The van der Waals surface area contributed by atoms with Gasteiger partial charge >= 0.3 is 5.97 Å². The minimum absolute atomic E-state index is 0.286. The molecule has 0 fully saturated rings. The van der Waals surface area contributed by atoms with Crippen LogP contribution in [0.4, 0.5) is 10.1 Å². The lowest BCUT2D eigenvalue weighted by Crippen LogP contribution is -2.15. The highest BCUT2D eigenvalue weighted by molar-refractivity contribution is 7.92. The molecule has 0 atom stereocenters. The van der Waals surface area contributed by atoms with Gasteiger partial charge in [0.05, 0.1) is 5.56 Å². The van der Waals surface area contributed by atoms with Gasteiger partial charge in [0, 0.05) is 5.69 Å². The first-order chi connectivity index (χ1) is 9.40. The zero-order valence-corrected chi connectivity index (χ0v) is 10.9. The number of anilines is 1. The number of benzene rings is 2. The van der Waals surface area contributed by atoms with Gasteiger partial charge in [0.15, 0.2) is 0 Å². The Kier molecular flexibility index (Phi) is 3.71. The van der Waals surface area contributed by atoms with Crippen molar-refractivity contribution in [2.24, 2.45) is 0 Å². The van der Waals surface area contributed by atoms with Gasteiger partial charge in [0.25, 0.3) is 10.0 Å². The van der Waals surface area contributed by atoms with Crippen molar-refractivity contribution >= 4 is 21.7 Å². The molecule has 0 bridgehead atoms. The van der Waals surface area contributed by atoms with Crippen LogP contribution < -0.4 is 4.72 Å². The lowest BCUT2D eigenvalue weighted by Gasteiger charge is -2.09. The summed E-state index contributed by atoms with van der Waals surface area (Å²) < 4.78 is 39.9. The first-order valence-electron chi connectivity index (χ1n) is 5.51. The number of hydrogen-bond acceptors (Lipinski definition) is 3. The molecular weight excluding hydrogens is 285 g/mol. The number of nitrogens with one attached hydrogen (secondary N) is 1. The molecule has 0 aliphatic carbocycles. The van der Waals surface area contributed by atoms with Gasteiger partial charge in [-0.15, -0.1) is 0 Å². The van der Waals surface area contributed by atoms with Gasteiger partial charge in [0.2, 0.25) is 0 Å². The van der Waals surface area contributed by atoms with Crippen LogP contribution in [0.15, 0.2) is 53.4 Å². The number of carboxylic acids is 1. The number of aromatic carboxylic acids is 1. The van der Waals surface area contributed by atoms with Crippen LogP contribution in [0, 0.1) is 5.82 Å². The molecule has 0 saturated carbocycles. The van der Waals surface area contributed by atoms with Crippen molar-refractivity contribution in [3.8, 4) is 0 Å². The number of rotatable bonds is 4. The van der Waals surface area contributed by atoms with Crippen LogP contribution in [0.25, 0.3) is 0 Å². The highest BCUT2D eigenvalue weighted by Crippen LogP contribution is 2.19. The quantitative estimate of drug-likeness (QED) is 0.906. The molecule has 0 unspecified atom stereocenters. The second-order valence-corrected chi connectivity index (χ2v) is 5.57. The summed E-state index contributed by atoms with van der Waals surface area (Å²) in [7, 11) is -4.10. The van der Waals surface area contributed by atoms with Crippen LogP contribution in [0.2, 0.25) is 0 Å². The summed E-state index contributed by atoms with van der Waals surface area (Å²) in [5.74, 6) is -2.45. The van der Waals surface area contributed by atoms with Gasteiger partial charge < -0.3 is 5.11 Å². The second-order valence-electron chi connectivity index (χ2n) is 3.92. The number of para-hydroxylation sites is 1. The lowest BCUT2D eigenvalue weighted by atomic mass is 10.2. The molecule has 0 aromatic heterocycles. The van der Waals surface area contributed by atoms with E-state index in [-0.39, 0.29) is 11.3 Å². The summed E-state index contributed by atoms with van der Waals surface area (Å²) in [6, 6.07) is 10.6. The predicted octanol–water partition coefficient (Wildman–Crippen LogP) is 2.32. The fourth-order valence-corrected chi connectivity index (χ4v) is 2.69. The Morgan fingerprint density at radius 1 is 1.10 bits per heavy atom. The van der Waals surface area contributed by atoms with E-state index in [0.717, 1.165) is 12.1 Å². The molecule has 0 spiro atoms. The maximum atomic E-state index is 13.7. The summed E-state index contributed by atoms with van der Waals surface area (Å²) in [6.07, 6.45) is 0. The van der Waals surface area contributed by atoms with Gasteiger partial charge in [-0.3, -0.25) is 4.72 Å². The monoisotopic (exact) mass is 295 g/mol. The third-order valence-corrected chi connectivity index (χ3v) is 3.91. The number of carbonyl (C=O) groups is 1. The fourth-order valence-electron chi connectivity index (χ4n) is 1.57. The molecule has 20 heavy (non-hydrogen) atoms. The van der Waals surface area contributed by atoms with Gasteiger partial charge in [-0.1, -0.05) is 18.2 Å². The second kappa shape index (κ2) is 5.30. The normalized spacial score (nSPS) is 11.1. The standard InChI is InChI=1S/C13H10FNO4S/c14-11-8-9(13(16)17)6-7-12(11)20(18,19)15-10-4-2-1-3-5-10/h1-8,15H,(H,16,17). The van der Waals surface area contributed by atoms with Crippen LogP contribution in [0.3, 0.4) is 0 Å². The Balaban J connectivity index is 2.37. The van der Waals surface area contributed by atoms with Crippen LogP contribution in [-0.4, -0.2) is 19.5 Å². The molecule has 2 N–H and O–H groups in total. The number of carboxylic acid groups (broad SMARTS) is 1. The van der Waals surface area contributed by atoms with E-state index in [9.17, 15) is 17.6 Å². The highest BCUT2D eigenvalue weighted by atomic mass is 32.2. The molecule has 104 valence electrons. The van der Waals surface area contributed by atoms with Crippen LogP contribution in [0.5, 0.6) is 0 Å². The molecule has 2 rings (SSSR count). The van der Waals surface area contributed by atoms with Crippen molar-refractivity contribution < 1.29 is 22.7 Å². The summed E-state index contributed by atoms with van der Waals surface area (Å²) in [6.45, 7) is 0. The molecular formula is C13H10FNO4S. The van der Waals surface area contributed by atoms with Gasteiger partial charge in [-0.05, 0) is 30.3 Å². The summed E-state index contributed by atoms with van der Waals surface area (Å²) in [5, 5.41) is 8.71. The van der Waals surface area contributed by atoms with E-state index >= 15 is 0 Å². The molecule has 2 aromatic rings.